The fourth-order valence-electron chi connectivity index (χ4n) is 1.57. The number of halogens is 2. The van der Waals surface area contributed by atoms with Crippen LogP contribution in [0.25, 0.3) is 11.1 Å². The molecular formula is C14H12F2. The van der Waals surface area contributed by atoms with E-state index in [0.29, 0.717) is 11.1 Å². The number of alkyl halides is 2. The minimum absolute atomic E-state index is 0.443. The van der Waals surface area contributed by atoms with E-state index in [1.165, 1.54) is 0 Å². The molecule has 0 nitrogen and oxygen atoms in total. The van der Waals surface area contributed by atoms with Gasteiger partial charge in [-0.15, -0.1) is 0 Å². The summed E-state index contributed by atoms with van der Waals surface area (Å²) in [4.78, 5) is 0. The highest BCUT2D eigenvalue weighted by Gasteiger charge is 1.98. The van der Waals surface area contributed by atoms with Crippen LogP contribution in [0, 0.1) is 0 Å². The highest BCUT2D eigenvalue weighted by Crippen LogP contribution is 2.20. The minimum Gasteiger partial charge on any atom is -0.246 e. The van der Waals surface area contributed by atoms with E-state index in [1.807, 2.05) is 24.3 Å². The number of hydrogen-bond donors (Lipinski definition) is 0. The molecule has 0 N–H and O–H groups in total. The van der Waals surface area contributed by atoms with Gasteiger partial charge in [-0.25, -0.2) is 8.78 Å². The molecule has 0 aliphatic rings. The van der Waals surface area contributed by atoms with Crippen LogP contribution < -0.4 is 0 Å². The van der Waals surface area contributed by atoms with Crippen LogP contribution in [-0.2, 0) is 13.3 Å². The van der Waals surface area contributed by atoms with Gasteiger partial charge < -0.3 is 0 Å². The Bertz CT molecular complexity index is 398. The van der Waals surface area contributed by atoms with Crippen LogP contribution in [0.4, 0.5) is 8.78 Å². The van der Waals surface area contributed by atoms with Gasteiger partial charge in [0.1, 0.15) is 13.3 Å². The molecule has 0 saturated carbocycles. The Hall–Kier alpha value is -1.70. The standard InChI is InChI=1S/C14H12F2/c15-9-11-1-5-13(6-2-11)14-7-3-12(10-16)4-8-14/h1-8H,9-10H2. The second kappa shape index (κ2) is 4.88. The van der Waals surface area contributed by atoms with Crippen molar-refractivity contribution in [3.05, 3.63) is 59.7 Å². The average Bonchev–Trinajstić information content (AvgIpc) is 2.39. The molecule has 0 bridgehead atoms. The predicted octanol–water partition coefficient (Wildman–Crippen LogP) is 4.29. The molecule has 0 radical (unpaired) electrons. The normalized spacial score (nSPS) is 10.4. The van der Waals surface area contributed by atoms with Crippen molar-refractivity contribution >= 4 is 0 Å². The van der Waals surface area contributed by atoms with Gasteiger partial charge in [-0.05, 0) is 22.3 Å². The van der Waals surface area contributed by atoms with Crippen molar-refractivity contribution < 1.29 is 8.78 Å². The zero-order chi connectivity index (χ0) is 11.4. The molecule has 2 aromatic rings. The SMILES string of the molecule is FCc1ccc(-c2ccc(CF)cc2)cc1. The molecule has 16 heavy (non-hydrogen) atoms. The lowest BCUT2D eigenvalue weighted by Gasteiger charge is -2.03. The van der Waals surface area contributed by atoms with Gasteiger partial charge in [-0.3, -0.25) is 0 Å². The van der Waals surface area contributed by atoms with Gasteiger partial charge >= 0.3 is 0 Å². The van der Waals surface area contributed by atoms with Crippen molar-refractivity contribution in [2.24, 2.45) is 0 Å². The largest absolute Gasteiger partial charge is 0.246 e. The van der Waals surface area contributed by atoms with Crippen LogP contribution in [0.5, 0.6) is 0 Å². The average molecular weight is 218 g/mol. The lowest BCUT2D eigenvalue weighted by Crippen LogP contribution is -1.82. The molecule has 0 aliphatic heterocycles. The van der Waals surface area contributed by atoms with Crippen LogP contribution in [0.15, 0.2) is 48.5 Å². The van der Waals surface area contributed by atoms with E-state index in [-0.39, 0.29) is 0 Å². The van der Waals surface area contributed by atoms with Crippen molar-refractivity contribution in [3.63, 3.8) is 0 Å². The monoisotopic (exact) mass is 218 g/mol. The van der Waals surface area contributed by atoms with Crippen molar-refractivity contribution in [2.45, 2.75) is 13.3 Å². The summed E-state index contributed by atoms with van der Waals surface area (Å²) in [6.45, 7) is -0.887. The molecule has 0 aliphatic carbocycles. The van der Waals surface area contributed by atoms with E-state index in [0.717, 1.165) is 11.1 Å². The first-order valence-corrected chi connectivity index (χ1v) is 5.13. The van der Waals surface area contributed by atoms with Gasteiger partial charge in [0.2, 0.25) is 0 Å². The van der Waals surface area contributed by atoms with Gasteiger partial charge in [0, 0.05) is 0 Å². The molecule has 0 aromatic heterocycles. The van der Waals surface area contributed by atoms with Crippen molar-refractivity contribution in [1.29, 1.82) is 0 Å². The smallest absolute Gasteiger partial charge is 0.115 e. The first-order chi connectivity index (χ1) is 7.83. The zero-order valence-corrected chi connectivity index (χ0v) is 8.79. The Kier molecular flexibility index (Phi) is 3.30. The van der Waals surface area contributed by atoms with Gasteiger partial charge in [0.05, 0.1) is 0 Å². The molecule has 2 heteroatoms. The van der Waals surface area contributed by atoms with Crippen LogP contribution in [0.3, 0.4) is 0 Å². The van der Waals surface area contributed by atoms with Crippen LogP contribution in [-0.4, -0.2) is 0 Å². The van der Waals surface area contributed by atoms with Gasteiger partial charge in [0.15, 0.2) is 0 Å². The molecule has 2 aromatic carbocycles. The summed E-state index contributed by atoms with van der Waals surface area (Å²) in [6, 6.07) is 14.5. The summed E-state index contributed by atoms with van der Waals surface area (Å²) < 4.78 is 24.6. The third-order valence-electron chi connectivity index (χ3n) is 2.55. The van der Waals surface area contributed by atoms with E-state index in [1.54, 1.807) is 24.3 Å². The molecule has 82 valence electrons. The molecule has 0 fully saturated rings. The van der Waals surface area contributed by atoms with Gasteiger partial charge in [0.25, 0.3) is 0 Å². The van der Waals surface area contributed by atoms with Crippen LogP contribution in [0.2, 0.25) is 0 Å². The fraction of sp³-hybridized carbons (Fsp3) is 0.143. The van der Waals surface area contributed by atoms with E-state index in [2.05, 4.69) is 0 Å². The molecular weight excluding hydrogens is 206 g/mol. The first-order valence-electron chi connectivity index (χ1n) is 5.13. The molecule has 0 amide bonds. The minimum atomic E-state index is -0.443. The number of rotatable bonds is 3. The zero-order valence-electron chi connectivity index (χ0n) is 8.79. The van der Waals surface area contributed by atoms with E-state index >= 15 is 0 Å². The maximum absolute atomic E-state index is 12.3. The predicted molar refractivity (Wildman–Crippen MR) is 61.5 cm³/mol. The van der Waals surface area contributed by atoms with Crippen LogP contribution >= 0.6 is 0 Å². The summed E-state index contributed by atoms with van der Waals surface area (Å²) in [7, 11) is 0. The molecule has 0 saturated heterocycles. The van der Waals surface area contributed by atoms with Gasteiger partial charge in [-0.2, -0.15) is 0 Å². The Morgan fingerprint density at radius 3 is 1.12 bits per heavy atom. The molecule has 0 heterocycles. The Labute approximate surface area is 93.5 Å². The van der Waals surface area contributed by atoms with Crippen molar-refractivity contribution in [2.75, 3.05) is 0 Å². The third-order valence-corrected chi connectivity index (χ3v) is 2.55. The number of hydrogen-bond acceptors (Lipinski definition) is 0. The Morgan fingerprint density at radius 2 is 0.875 bits per heavy atom. The molecule has 0 unspecified atom stereocenters. The van der Waals surface area contributed by atoms with Crippen molar-refractivity contribution in [1.82, 2.24) is 0 Å². The third kappa shape index (κ3) is 2.27. The second-order valence-electron chi connectivity index (χ2n) is 3.66. The summed E-state index contributed by atoms with van der Waals surface area (Å²) in [5, 5.41) is 0. The van der Waals surface area contributed by atoms with Crippen LogP contribution in [0.1, 0.15) is 11.1 Å². The topological polar surface area (TPSA) is 0 Å². The molecule has 2 rings (SSSR count). The summed E-state index contributed by atoms with van der Waals surface area (Å²) >= 11 is 0. The second-order valence-corrected chi connectivity index (χ2v) is 3.66. The highest BCUT2D eigenvalue weighted by atomic mass is 19.1. The maximum atomic E-state index is 12.3. The van der Waals surface area contributed by atoms with Gasteiger partial charge in [-0.1, -0.05) is 48.5 Å². The lowest BCUT2D eigenvalue weighted by molar-refractivity contribution is 0.485. The summed E-state index contributed by atoms with van der Waals surface area (Å²) in [5.41, 5.74) is 3.37. The molecule has 0 spiro atoms. The number of benzene rings is 2. The summed E-state index contributed by atoms with van der Waals surface area (Å²) in [5.74, 6) is 0. The maximum Gasteiger partial charge on any atom is 0.115 e. The first kappa shape index (κ1) is 10.8. The fourth-order valence-corrected chi connectivity index (χ4v) is 1.57. The van der Waals surface area contributed by atoms with E-state index in [4.69, 9.17) is 0 Å². The Balaban J connectivity index is 2.28. The van der Waals surface area contributed by atoms with E-state index in [9.17, 15) is 8.78 Å². The summed E-state index contributed by atoms with van der Waals surface area (Å²) in [6.07, 6.45) is 0. The van der Waals surface area contributed by atoms with Crippen molar-refractivity contribution in [3.8, 4) is 11.1 Å². The molecule has 0 atom stereocenters. The Morgan fingerprint density at radius 1 is 0.562 bits per heavy atom. The van der Waals surface area contributed by atoms with E-state index < -0.39 is 13.3 Å². The quantitative estimate of drug-likeness (QED) is 0.720. The highest BCUT2D eigenvalue weighted by molar-refractivity contribution is 5.63. The lowest BCUT2D eigenvalue weighted by atomic mass is 10.0.